The minimum atomic E-state index is -3.69. The van der Waals surface area contributed by atoms with Gasteiger partial charge in [0.2, 0.25) is 10.0 Å². The van der Waals surface area contributed by atoms with Crippen LogP contribution in [0.15, 0.2) is 27.6 Å². The van der Waals surface area contributed by atoms with Gasteiger partial charge >= 0.3 is 0 Å². The van der Waals surface area contributed by atoms with Crippen molar-refractivity contribution >= 4 is 26.0 Å². The zero-order chi connectivity index (χ0) is 15.5. The lowest BCUT2D eigenvalue weighted by Crippen LogP contribution is -2.28. The molecule has 1 unspecified atom stereocenters. The van der Waals surface area contributed by atoms with Gasteiger partial charge in [-0.25, -0.2) is 13.1 Å². The van der Waals surface area contributed by atoms with Gasteiger partial charge in [0.25, 0.3) is 0 Å². The van der Waals surface area contributed by atoms with E-state index in [0.29, 0.717) is 11.0 Å². The van der Waals surface area contributed by atoms with Crippen molar-refractivity contribution < 1.29 is 8.42 Å². The molecule has 3 N–H and O–H groups in total. The predicted octanol–water partition coefficient (Wildman–Crippen LogP) is 0.721. The van der Waals surface area contributed by atoms with Gasteiger partial charge in [-0.1, -0.05) is 11.3 Å². The quantitative estimate of drug-likeness (QED) is 0.686. The van der Waals surface area contributed by atoms with Crippen molar-refractivity contribution in [3.63, 3.8) is 0 Å². The number of sulfonamides is 1. The SMILES string of the molecule is CNCc1ccc(S(=O)(=O)NC(C)c2nn[nH]n2)c(Br)c1. The average molecular weight is 375 g/mol. The molecule has 0 spiro atoms. The van der Waals surface area contributed by atoms with E-state index >= 15 is 0 Å². The lowest BCUT2D eigenvalue weighted by atomic mass is 10.2. The molecule has 0 fully saturated rings. The number of aromatic nitrogens is 4. The zero-order valence-corrected chi connectivity index (χ0v) is 13.9. The number of benzene rings is 1. The van der Waals surface area contributed by atoms with Crippen LogP contribution in [-0.2, 0) is 16.6 Å². The molecule has 0 aliphatic carbocycles. The van der Waals surface area contributed by atoms with Crippen molar-refractivity contribution in [1.82, 2.24) is 30.7 Å². The maximum absolute atomic E-state index is 12.4. The van der Waals surface area contributed by atoms with Crippen LogP contribution in [0.3, 0.4) is 0 Å². The molecular formula is C11H15BrN6O2S. The summed E-state index contributed by atoms with van der Waals surface area (Å²) in [6, 6.07) is 4.50. The Labute approximate surface area is 130 Å². The summed E-state index contributed by atoms with van der Waals surface area (Å²) in [6.07, 6.45) is 0. The molecular weight excluding hydrogens is 360 g/mol. The van der Waals surface area contributed by atoms with Gasteiger partial charge in [0.05, 0.1) is 10.9 Å². The summed E-state index contributed by atoms with van der Waals surface area (Å²) in [7, 11) is -1.86. The number of hydrogen-bond acceptors (Lipinski definition) is 6. The molecule has 2 aromatic rings. The molecule has 0 saturated heterocycles. The number of H-pyrrole nitrogens is 1. The van der Waals surface area contributed by atoms with Gasteiger partial charge in [-0.2, -0.15) is 5.21 Å². The van der Waals surface area contributed by atoms with Crippen molar-refractivity contribution in [1.29, 1.82) is 0 Å². The Balaban J connectivity index is 2.23. The third kappa shape index (κ3) is 3.84. The molecule has 1 heterocycles. The Hall–Kier alpha value is -1.36. The normalized spacial score (nSPS) is 13.3. The third-order valence-electron chi connectivity index (χ3n) is 2.75. The fourth-order valence-electron chi connectivity index (χ4n) is 1.78. The largest absolute Gasteiger partial charge is 0.316 e. The van der Waals surface area contributed by atoms with E-state index in [0.717, 1.165) is 5.56 Å². The maximum Gasteiger partial charge on any atom is 0.242 e. The molecule has 0 amide bonds. The van der Waals surface area contributed by atoms with Gasteiger partial charge in [0.1, 0.15) is 0 Å². The van der Waals surface area contributed by atoms with E-state index in [2.05, 4.69) is 46.6 Å². The first kappa shape index (κ1) is 16.0. The van der Waals surface area contributed by atoms with E-state index in [4.69, 9.17) is 0 Å². The fourth-order valence-corrected chi connectivity index (χ4v) is 4.10. The summed E-state index contributed by atoms with van der Waals surface area (Å²) in [6.45, 7) is 2.30. The van der Waals surface area contributed by atoms with Gasteiger partial charge in [-0.05, 0) is 47.6 Å². The van der Waals surface area contributed by atoms with E-state index in [9.17, 15) is 8.42 Å². The molecule has 114 valence electrons. The van der Waals surface area contributed by atoms with Crippen LogP contribution in [0, 0.1) is 0 Å². The van der Waals surface area contributed by atoms with Crippen LogP contribution in [0.25, 0.3) is 0 Å². The monoisotopic (exact) mass is 374 g/mol. The molecule has 21 heavy (non-hydrogen) atoms. The second-order valence-corrected chi connectivity index (χ2v) is 6.94. The number of nitrogens with one attached hydrogen (secondary N) is 3. The van der Waals surface area contributed by atoms with Crippen LogP contribution in [0.1, 0.15) is 24.4 Å². The van der Waals surface area contributed by atoms with Crippen molar-refractivity contribution in [3.8, 4) is 0 Å². The summed E-state index contributed by atoms with van der Waals surface area (Å²) in [5.41, 5.74) is 0.981. The van der Waals surface area contributed by atoms with Crippen LogP contribution in [0.5, 0.6) is 0 Å². The summed E-state index contributed by atoms with van der Waals surface area (Å²) in [5.74, 6) is 0.279. The number of rotatable bonds is 6. The Morgan fingerprint density at radius 1 is 1.43 bits per heavy atom. The van der Waals surface area contributed by atoms with Crippen molar-refractivity contribution in [2.24, 2.45) is 0 Å². The Morgan fingerprint density at radius 3 is 2.76 bits per heavy atom. The number of nitrogens with zero attached hydrogens (tertiary/aromatic N) is 3. The minimum Gasteiger partial charge on any atom is -0.316 e. The summed E-state index contributed by atoms with van der Waals surface area (Å²) in [5, 5.41) is 16.2. The molecule has 0 aliphatic rings. The van der Waals surface area contributed by atoms with Crippen LogP contribution in [-0.4, -0.2) is 36.1 Å². The van der Waals surface area contributed by atoms with Gasteiger partial charge in [0.15, 0.2) is 5.82 Å². The summed E-state index contributed by atoms with van der Waals surface area (Å²) in [4.78, 5) is 0.165. The van der Waals surface area contributed by atoms with E-state index in [1.165, 1.54) is 0 Å². The standard InChI is InChI=1S/C11H15BrN6O2S/c1-7(11-14-17-18-15-11)16-21(19,20)10-4-3-8(6-13-2)5-9(10)12/h3-5,7,13,16H,6H2,1-2H3,(H,14,15,17,18). The Bertz CT molecular complexity index is 704. The average Bonchev–Trinajstić information content (AvgIpc) is 2.92. The fraction of sp³-hybridized carbons (Fsp3) is 0.364. The maximum atomic E-state index is 12.4. The van der Waals surface area contributed by atoms with Crippen LogP contribution in [0.4, 0.5) is 0 Å². The van der Waals surface area contributed by atoms with E-state index in [-0.39, 0.29) is 10.7 Å². The lowest BCUT2D eigenvalue weighted by Gasteiger charge is -2.13. The molecule has 10 heteroatoms. The Morgan fingerprint density at radius 2 is 2.19 bits per heavy atom. The first-order valence-electron chi connectivity index (χ1n) is 6.12. The topological polar surface area (TPSA) is 113 Å². The van der Waals surface area contributed by atoms with Gasteiger partial charge in [-0.15, -0.1) is 10.2 Å². The highest BCUT2D eigenvalue weighted by Gasteiger charge is 2.23. The highest BCUT2D eigenvalue weighted by Crippen LogP contribution is 2.24. The van der Waals surface area contributed by atoms with Gasteiger partial charge in [0, 0.05) is 11.0 Å². The molecule has 0 aliphatic heterocycles. The van der Waals surface area contributed by atoms with E-state index in [1.54, 1.807) is 25.1 Å². The van der Waals surface area contributed by atoms with Gasteiger partial charge in [-0.3, -0.25) is 0 Å². The van der Waals surface area contributed by atoms with Crippen LogP contribution < -0.4 is 10.0 Å². The first-order valence-corrected chi connectivity index (χ1v) is 8.40. The molecule has 0 bridgehead atoms. The van der Waals surface area contributed by atoms with Crippen LogP contribution in [0.2, 0.25) is 0 Å². The van der Waals surface area contributed by atoms with Crippen molar-refractivity contribution in [2.75, 3.05) is 7.05 Å². The molecule has 1 aromatic carbocycles. The summed E-state index contributed by atoms with van der Waals surface area (Å²) < 4.78 is 27.8. The lowest BCUT2D eigenvalue weighted by molar-refractivity contribution is 0.559. The van der Waals surface area contributed by atoms with Crippen LogP contribution >= 0.6 is 15.9 Å². The molecule has 0 saturated carbocycles. The Kier molecular flexibility index (Phi) is 5.04. The van der Waals surface area contributed by atoms with E-state index < -0.39 is 16.1 Å². The molecule has 2 rings (SSSR count). The van der Waals surface area contributed by atoms with Gasteiger partial charge < -0.3 is 5.32 Å². The second-order valence-electron chi connectivity index (χ2n) is 4.41. The highest BCUT2D eigenvalue weighted by atomic mass is 79.9. The number of tetrazole rings is 1. The number of aromatic amines is 1. The second kappa shape index (κ2) is 6.60. The molecule has 1 atom stereocenters. The van der Waals surface area contributed by atoms with Crippen molar-refractivity contribution in [3.05, 3.63) is 34.1 Å². The minimum absolute atomic E-state index is 0.165. The highest BCUT2D eigenvalue weighted by molar-refractivity contribution is 9.10. The smallest absolute Gasteiger partial charge is 0.242 e. The summed E-state index contributed by atoms with van der Waals surface area (Å²) >= 11 is 3.29. The molecule has 1 aromatic heterocycles. The molecule has 0 radical (unpaired) electrons. The zero-order valence-electron chi connectivity index (χ0n) is 11.5. The number of halogens is 1. The van der Waals surface area contributed by atoms with Crippen molar-refractivity contribution in [2.45, 2.75) is 24.4 Å². The predicted molar refractivity (Wildman–Crippen MR) is 79.8 cm³/mol. The number of hydrogen-bond donors (Lipinski definition) is 3. The first-order chi connectivity index (χ1) is 9.94. The van der Waals surface area contributed by atoms with E-state index in [1.807, 2.05) is 7.05 Å². The third-order valence-corrected chi connectivity index (χ3v) is 5.27. The molecule has 8 nitrogen and oxygen atoms in total.